The summed E-state index contributed by atoms with van der Waals surface area (Å²) in [4.78, 5) is 33.7. The number of nitrogens with one attached hydrogen (secondary N) is 2. The summed E-state index contributed by atoms with van der Waals surface area (Å²) in [6.07, 6.45) is 0. The summed E-state index contributed by atoms with van der Waals surface area (Å²) in [6, 6.07) is 16.6. The van der Waals surface area contributed by atoms with E-state index in [0.717, 1.165) is 5.56 Å². The number of amides is 1. The Morgan fingerprint density at radius 1 is 1.15 bits per heavy atom. The molecule has 0 unspecified atom stereocenters. The maximum Gasteiger partial charge on any atom is 0.258 e. The topological polar surface area (TPSA) is 78.1 Å². The third-order valence-electron chi connectivity index (χ3n) is 4.41. The molecule has 1 heterocycles. The molecule has 6 heteroatoms. The van der Waals surface area contributed by atoms with E-state index in [9.17, 15) is 9.59 Å². The number of fused-ring (bicyclic) bond motifs is 1. The molecule has 0 radical (unpaired) electrons. The minimum absolute atomic E-state index is 0.0699. The molecular formula is C20H22N4O2. The van der Waals surface area contributed by atoms with E-state index in [1.54, 1.807) is 6.07 Å². The fourth-order valence-electron chi connectivity index (χ4n) is 2.72. The van der Waals surface area contributed by atoms with Crippen molar-refractivity contribution in [3.63, 3.8) is 0 Å². The maximum absolute atomic E-state index is 12.4. The van der Waals surface area contributed by atoms with Crippen molar-refractivity contribution in [3.05, 3.63) is 76.3 Å². The summed E-state index contributed by atoms with van der Waals surface area (Å²) >= 11 is 0. The van der Waals surface area contributed by atoms with E-state index in [0.29, 0.717) is 29.8 Å². The number of rotatable bonds is 6. The van der Waals surface area contributed by atoms with Crippen molar-refractivity contribution < 1.29 is 4.79 Å². The SMILES string of the molecule is C[C@@H](C(=O)NCc1ccccc1)N(C)Cc1nc2ccccc2c(=O)[nH]1. The van der Waals surface area contributed by atoms with Gasteiger partial charge in [-0.1, -0.05) is 42.5 Å². The van der Waals surface area contributed by atoms with E-state index in [-0.39, 0.29) is 17.5 Å². The van der Waals surface area contributed by atoms with Gasteiger partial charge >= 0.3 is 0 Å². The smallest absolute Gasteiger partial charge is 0.258 e. The number of carbonyl (C=O) groups is 1. The average molecular weight is 350 g/mol. The van der Waals surface area contributed by atoms with Crippen LogP contribution in [0.4, 0.5) is 0 Å². The highest BCUT2D eigenvalue weighted by molar-refractivity contribution is 5.81. The minimum atomic E-state index is -0.351. The van der Waals surface area contributed by atoms with Crippen LogP contribution in [0.2, 0.25) is 0 Å². The molecule has 134 valence electrons. The van der Waals surface area contributed by atoms with Crippen LogP contribution >= 0.6 is 0 Å². The van der Waals surface area contributed by atoms with Gasteiger partial charge in [0.1, 0.15) is 5.82 Å². The second-order valence-corrected chi connectivity index (χ2v) is 6.32. The molecule has 0 saturated heterocycles. The largest absolute Gasteiger partial charge is 0.351 e. The number of likely N-dealkylation sites (N-methyl/N-ethyl adjacent to an activating group) is 1. The summed E-state index contributed by atoms with van der Waals surface area (Å²) < 4.78 is 0. The van der Waals surface area contributed by atoms with Crippen molar-refractivity contribution in [2.75, 3.05) is 7.05 Å². The molecule has 1 atom stereocenters. The van der Waals surface area contributed by atoms with E-state index >= 15 is 0 Å². The Hall–Kier alpha value is -2.99. The van der Waals surface area contributed by atoms with Crippen LogP contribution in [0.25, 0.3) is 10.9 Å². The summed E-state index contributed by atoms with van der Waals surface area (Å²) in [7, 11) is 1.84. The molecule has 2 aromatic carbocycles. The molecule has 0 aliphatic rings. The number of H-pyrrole nitrogens is 1. The lowest BCUT2D eigenvalue weighted by molar-refractivity contribution is -0.125. The van der Waals surface area contributed by atoms with E-state index < -0.39 is 0 Å². The predicted octanol–water partition coefficient (Wildman–Crippen LogP) is 2.06. The molecule has 1 amide bonds. The second-order valence-electron chi connectivity index (χ2n) is 6.32. The molecule has 0 aliphatic carbocycles. The molecule has 0 spiro atoms. The van der Waals surface area contributed by atoms with Gasteiger partial charge in [0.15, 0.2) is 0 Å². The summed E-state index contributed by atoms with van der Waals surface area (Å²) in [6.45, 7) is 2.70. The maximum atomic E-state index is 12.4. The van der Waals surface area contributed by atoms with Crippen LogP contribution in [0.15, 0.2) is 59.4 Å². The monoisotopic (exact) mass is 350 g/mol. The van der Waals surface area contributed by atoms with Gasteiger partial charge in [0, 0.05) is 6.54 Å². The van der Waals surface area contributed by atoms with E-state index in [1.807, 2.05) is 67.4 Å². The van der Waals surface area contributed by atoms with Crippen LogP contribution in [0.5, 0.6) is 0 Å². The Kier molecular flexibility index (Phi) is 5.43. The fraction of sp³-hybridized carbons (Fsp3) is 0.250. The number of benzene rings is 2. The number of aromatic nitrogens is 2. The van der Waals surface area contributed by atoms with E-state index in [1.165, 1.54) is 0 Å². The van der Waals surface area contributed by atoms with Crippen molar-refractivity contribution >= 4 is 16.8 Å². The van der Waals surface area contributed by atoms with Gasteiger partial charge in [0.05, 0.1) is 23.5 Å². The van der Waals surface area contributed by atoms with Crippen molar-refractivity contribution in [3.8, 4) is 0 Å². The summed E-state index contributed by atoms with van der Waals surface area (Å²) in [5, 5.41) is 3.50. The Morgan fingerprint density at radius 2 is 1.85 bits per heavy atom. The zero-order chi connectivity index (χ0) is 18.5. The first-order chi connectivity index (χ1) is 12.5. The Bertz CT molecular complexity index is 953. The van der Waals surface area contributed by atoms with E-state index in [2.05, 4.69) is 15.3 Å². The lowest BCUT2D eigenvalue weighted by atomic mass is 10.2. The lowest BCUT2D eigenvalue weighted by Crippen LogP contribution is -2.43. The van der Waals surface area contributed by atoms with Gasteiger partial charge in [-0.15, -0.1) is 0 Å². The third-order valence-corrected chi connectivity index (χ3v) is 4.41. The van der Waals surface area contributed by atoms with Gasteiger partial charge in [-0.05, 0) is 31.7 Å². The quantitative estimate of drug-likeness (QED) is 0.713. The zero-order valence-corrected chi connectivity index (χ0v) is 14.9. The van der Waals surface area contributed by atoms with Crippen molar-refractivity contribution in [2.24, 2.45) is 0 Å². The molecule has 1 aromatic heterocycles. The zero-order valence-electron chi connectivity index (χ0n) is 14.9. The summed E-state index contributed by atoms with van der Waals surface area (Å²) in [5.41, 5.74) is 1.54. The van der Waals surface area contributed by atoms with Crippen molar-refractivity contribution in [1.82, 2.24) is 20.2 Å². The molecule has 3 aromatic rings. The van der Waals surface area contributed by atoms with Crippen LogP contribution in [0.1, 0.15) is 18.3 Å². The van der Waals surface area contributed by atoms with Gasteiger partial charge in [0.2, 0.25) is 5.91 Å². The highest BCUT2D eigenvalue weighted by Crippen LogP contribution is 2.08. The van der Waals surface area contributed by atoms with Crippen LogP contribution < -0.4 is 10.9 Å². The predicted molar refractivity (Wildman–Crippen MR) is 102 cm³/mol. The number of aromatic amines is 1. The van der Waals surface area contributed by atoms with Gasteiger partial charge in [0.25, 0.3) is 5.56 Å². The first kappa shape index (κ1) is 17.8. The van der Waals surface area contributed by atoms with Crippen LogP contribution in [-0.2, 0) is 17.9 Å². The number of carbonyl (C=O) groups excluding carboxylic acids is 1. The molecule has 2 N–H and O–H groups in total. The number of hydrogen-bond acceptors (Lipinski definition) is 4. The van der Waals surface area contributed by atoms with Crippen LogP contribution in [-0.4, -0.2) is 33.9 Å². The van der Waals surface area contributed by atoms with Gasteiger partial charge in [-0.3, -0.25) is 14.5 Å². The van der Waals surface area contributed by atoms with E-state index in [4.69, 9.17) is 0 Å². The van der Waals surface area contributed by atoms with Crippen molar-refractivity contribution in [1.29, 1.82) is 0 Å². The average Bonchev–Trinajstić information content (AvgIpc) is 2.66. The normalized spacial score (nSPS) is 12.3. The standard InChI is InChI=1S/C20H22N4O2/c1-14(19(25)21-12-15-8-4-3-5-9-15)24(2)13-18-22-17-11-7-6-10-16(17)20(26)23-18/h3-11,14H,12-13H2,1-2H3,(H,21,25)(H,22,23,26)/t14-/m0/s1. The molecule has 0 fully saturated rings. The Labute approximate surface area is 151 Å². The summed E-state index contributed by atoms with van der Waals surface area (Å²) in [5.74, 6) is 0.471. The minimum Gasteiger partial charge on any atom is -0.351 e. The van der Waals surface area contributed by atoms with Gasteiger partial charge in [-0.25, -0.2) is 4.98 Å². The molecular weight excluding hydrogens is 328 g/mol. The number of hydrogen-bond donors (Lipinski definition) is 2. The molecule has 0 saturated carbocycles. The number of para-hydroxylation sites is 1. The first-order valence-electron chi connectivity index (χ1n) is 8.54. The molecule has 6 nitrogen and oxygen atoms in total. The number of nitrogens with zero attached hydrogens (tertiary/aromatic N) is 2. The van der Waals surface area contributed by atoms with Crippen molar-refractivity contribution in [2.45, 2.75) is 26.1 Å². The molecule has 3 rings (SSSR count). The molecule has 0 aliphatic heterocycles. The highest BCUT2D eigenvalue weighted by atomic mass is 16.2. The van der Waals surface area contributed by atoms with Crippen LogP contribution in [0, 0.1) is 0 Å². The van der Waals surface area contributed by atoms with Gasteiger partial charge in [-0.2, -0.15) is 0 Å². The first-order valence-corrected chi connectivity index (χ1v) is 8.54. The van der Waals surface area contributed by atoms with Gasteiger partial charge < -0.3 is 10.3 Å². The fourth-order valence-corrected chi connectivity index (χ4v) is 2.72. The Morgan fingerprint density at radius 3 is 2.62 bits per heavy atom. The van der Waals surface area contributed by atoms with Crippen LogP contribution in [0.3, 0.4) is 0 Å². The highest BCUT2D eigenvalue weighted by Gasteiger charge is 2.19. The third kappa shape index (κ3) is 4.15. The second kappa shape index (κ2) is 7.93. The molecule has 0 bridgehead atoms. The Balaban J connectivity index is 1.64. The molecule has 26 heavy (non-hydrogen) atoms. The lowest BCUT2D eigenvalue weighted by Gasteiger charge is -2.23.